The molecule has 0 bridgehead atoms. The third-order valence-electron chi connectivity index (χ3n) is 3.50. The Morgan fingerprint density at radius 2 is 2.10 bits per heavy atom. The highest BCUT2D eigenvalue weighted by molar-refractivity contribution is 5.40. The number of aryl methyl sites for hydroxylation is 1. The van der Waals surface area contributed by atoms with Crippen LogP contribution in [-0.2, 0) is 11.3 Å². The molecular weight excluding hydrogens is 250 g/mol. The molecule has 0 saturated heterocycles. The Morgan fingerprint density at radius 1 is 1.30 bits per heavy atom. The predicted octanol–water partition coefficient (Wildman–Crippen LogP) is 3.50. The zero-order valence-electron chi connectivity index (χ0n) is 12.9. The molecular formula is C17H27NO2. The SMILES string of the molecule is Cc1cccc(CNCC(C)C)c1OCOCC1CC1. The molecule has 1 aromatic rings. The summed E-state index contributed by atoms with van der Waals surface area (Å²) < 4.78 is 11.4. The van der Waals surface area contributed by atoms with E-state index in [1.54, 1.807) is 0 Å². The minimum Gasteiger partial charge on any atom is -0.467 e. The summed E-state index contributed by atoms with van der Waals surface area (Å²) in [4.78, 5) is 0. The summed E-state index contributed by atoms with van der Waals surface area (Å²) in [7, 11) is 0. The van der Waals surface area contributed by atoms with Gasteiger partial charge in [-0.1, -0.05) is 32.0 Å². The molecule has 1 aliphatic carbocycles. The molecule has 1 fully saturated rings. The Morgan fingerprint density at radius 3 is 2.80 bits per heavy atom. The van der Waals surface area contributed by atoms with Gasteiger partial charge in [0.2, 0.25) is 0 Å². The topological polar surface area (TPSA) is 30.5 Å². The van der Waals surface area contributed by atoms with Crippen LogP contribution >= 0.6 is 0 Å². The molecule has 1 aliphatic rings. The van der Waals surface area contributed by atoms with E-state index in [0.29, 0.717) is 12.7 Å². The lowest BCUT2D eigenvalue weighted by molar-refractivity contribution is 0.00904. The number of hydrogen-bond donors (Lipinski definition) is 1. The minimum absolute atomic E-state index is 0.360. The van der Waals surface area contributed by atoms with Gasteiger partial charge in [-0.15, -0.1) is 0 Å². The maximum absolute atomic E-state index is 5.84. The minimum atomic E-state index is 0.360. The van der Waals surface area contributed by atoms with E-state index in [1.807, 2.05) is 0 Å². The van der Waals surface area contributed by atoms with Crippen LogP contribution < -0.4 is 10.1 Å². The van der Waals surface area contributed by atoms with E-state index in [1.165, 1.54) is 24.0 Å². The molecule has 0 heterocycles. The van der Waals surface area contributed by atoms with Crippen LogP contribution in [0.3, 0.4) is 0 Å². The van der Waals surface area contributed by atoms with E-state index in [2.05, 4.69) is 44.3 Å². The highest BCUT2D eigenvalue weighted by atomic mass is 16.7. The van der Waals surface area contributed by atoms with Crippen LogP contribution in [0.25, 0.3) is 0 Å². The van der Waals surface area contributed by atoms with Gasteiger partial charge in [-0.25, -0.2) is 0 Å². The molecule has 0 amide bonds. The molecule has 0 spiro atoms. The first-order chi connectivity index (χ1) is 9.66. The number of nitrogens with one attached hydrogen (secondary N) is 1. The van der Waals surface area contributed by atoms with Gasteiger partial charge in [0.05, 0.1) is 6.61 Å². The van der Waals surface area contributed by atoms with Crippen molar-refractivity contribution in [2.24, 2.45) is 11.8 Å². The second kappa shape index (κ2) is 7.65. The average molecular weight is 277 g/mol. The van der Waals surface area contributed by atoms with Crippen LogP contribution in [0.1, 0.15) is 37.8 Å². The predicted molar refractivity (Wildman–Crippen MR) is 81.9 cm³/mol. The van der Waals surface area contributed by atoms with Gasteiger partial charge in [-0.3, -0.25) is 0 Å². The van der Waals surface area contributed by atoms with E-state index in [4.69, 9.17) is 9.47 Å². The lowest BCUT2D eigenvalue weighted by Crippen LogP contribution is -2.20. The van der Waals surface area contributed by atoms with E-state index in [9.17, 15) is 0 Å². The summed E-state index contributed by atoms with van der Waals surface area (Å²) in [6.45, 7) is 9.58. The summed E-state index contributed by atoms with van der Waals surface area (Å²) >= 11 is 0. The maximum atomic E-state index is 5.84. The van der Waals surface area contributed by atoms with E-state index in [0.717, 1.165) is 31.4 Å². The average Bonchev–Trinajstić information content (AvgIpc) is 3.20. The number of benzene rings is 1. The second-order valence-corrected chi connectivity index (χ2v) is 6.16. The zero-order chi connectivity index (χ0) is 14.4. The van der Waals surface area contributed by atoms with Crippen molar-refractivity contribution in [3.8, 4) is 5.75 Å². The zero-order valence-corrected chi connectivity index (χ0v) is 12.9. The highest BCUT2D eigenvalue weighted by Crippen LogP contribution is 2.29. The quantitative estimate of drug-likeness (QED) is 0.553. The molecule has 2 rings (SSSR count). The van der Waals surface area contributed by atoms with Crippen LogP contribution in [0.4, 0.5) is 0 Å². The van der Waals surface area contributed by atoms with Crippen LogP contribution in [0.5, 0.6) is 5.75 Å². The van der Waals surface area contributed by atoms with Crippen molar-refractivity contribution in [1.82, 2.24) is 5.32 Å². The van der Waals surface area contributed by atoms with E-state index in [-0.39, 0.29) is 0 Å². The van der Waals surface area contributed by atoms with Crippen molar-refractivity contribution >= 4 is 0 Å². The molecule has 0 unspecified atom stereocenters. The van der Waals surface area contributed by atoms with Crippen molar-refractivity contribution in [2.75, 3.05) is 19.9 Å². The Kier molecular flexibility index (Phi) is 5.86. The van der Waals surface area contributed by atoms with Crippen molar-refractivity contribution in [3.05, 3.63) is 29.3 Å². The van der Waals surface area contributed by atoms with Crippen molar-refractivity contribution in [2.45, 2.75) is 40.2 Å². The van der Waals surface area contributed by atoms with Crippen LogP contribution in [0, 0.1) is 18.8 Å². The molecule has 0 aromatic heterocycles. The van der Waals surface area contributed by atoms with Crippen LogP contribution in [0.15, 0.2) is 18.2 Å². The number of hydrogen-bond acceptors (Lipinski definition) is 3. The largest absolute Gasteiger partial charge is 0.467 e. The molecule has 0 aliphatic heterocycles. The molecule has 0 atom stereocenters. The van der Waals surface area contributed by atoms with Gasteiger partial charge in [0.25, 0.3) is 0 Å². The summed E-state index contributed by atoms with van der Waals surface area (Å²) in [5.74, 6) is 2.41. The van der Waals surface area contributed by atoms with Crippen LogP contribution in [0.2, 0.25) is 0 Å². The summed E-state index contributed by atoms with van der Waals surface area (Å²) in [5.41, 5.74) is 2.38. The standard InChI is InChI=1S/C17H27NO2/c1-13(2)9-18-10-16-6-4-5-14(3)17(16)20-12-19-11-15-7-8-15/h4-6,13,15,18H,7-12H2,1-3H3. The molecule has 1 saturated carbocycles. The third kappa shape index (κ3) is 5.14. The van der Waals surface area contributed by atoms with Gasteiger partial charge >= 0.3 is 0 Å². The molecule has 1 N–H and O–H groups in total. The fourth-order valence-electron chi connectivity index (χ4n) is 2.15. The normalized spacial score (nSPS) is 14.8. The van der Waals surface area contributed by atoms with Crippen molar-refractivity contribution in [1.29, 1.82) is 0 Å². The third-order valence-corrected chi connectivity index (χ3v) is 3.50. The first-order valence-electron chi connectivity index (χ1n) is 7.66. The number of rotatable bonds is 9. The Hall–Kier alpha value is -1.06. The Labute approximate surface area is 122 Å². The lowest BCUT2D eigenvalue weighted by atomic mass is 10.1. The second-order valence-electron chi connectivity index (χ2n) is 6.16. The van der Waals surface area contributed by atoms with Crippen molar-refractivity contribution < 1.29 is 9.47 Å². The van der Waals surface area contributed by atoms with Crippen molar-refractivity contribution in [3.63, 3.8) is 0 Å². The van der Waals surface area contributed by atoms with Gasteiger partial charge in [-0.2, -0.15) is 0 Å². The molecule has 112 valence electrons. The Balaban J connectivity index is 1.83. The fraction of sp³-hybridized carbons (Fsp3) is 0.647. The number of para-hydroxylation sites is 1. The van der Waals surface area contributed by atoms with E-state index < -0.39 is 0 Å². The summed E-state index contributed by atoms with van der Waals surface area (Å²) in [6.07, 6.45) is 2.63. The van der Waals surface area contributed by atoms with Gasteiger partial charge in [-0.05, 0) is 43.7 Å². The molecule has 0 radical (unpaired) electrons. The number of ether oxygens (including phenoxy) is 2. The maximum Gasteiger partial charge on any atom is 0.189 e. The first kappa shape index (κ1) is 15.3. The highest BCUT2D eigenvalue weighted by Gasteiger charge is 2.21. The molecule has 1 aromatic carbocycles. The summed E-state index contributed by atoms with van der Waals surface area (Å²) in [6, 6.07) is 6.29. The van der Waals surface area contributed by atoms with Gasteiger partial charge in [0.1, 0.15) is 5.75 Å². The molecule has 3 heteroatoms. The molecule has 20 heavy (non-hydrogen) atoms. The fourth-order valence-corrected chi connectivity index (χ4v) is 2.15. The smallest absolute Gasteiger partial charge is 0.189 e. The summed E-state index contributed by atoms with van der Waals surface area (Å²) in [5, 5.41) is 3.47. The monoisotopic (exact) mass is 277 g/mol. The molecule has 3 nitrogen and oxygen atoms in total. The lowest BCUT2D eigenvalue weighted by Gasteiger charge is -2.15. The van der Waals surface area contributed by atoms with E-state index >= 15 is 0 Å². The van der Waals surface area contributed by atoms with Gasteiger partial charge < -0.3 is 14.8 Å². The van der Waals surface area contributed by atoms with Gasteiger partial charge in [0, 0.05) is 12.1 Å². The Bertz CT molecular complexity index is 413. The first-order valence-corrected chi connectivity index (χ1v) is 7.66. The van der Waals surface area contributed by atoms with Gasteiger partial charge in [0.15, 0.2) is 6.79 Å². The van der Waals surface area contributed by atoms with Crippen LogP contribution in [-0.4, -0.2) is 19.9 Å².